The Morgan fingerprint density at radius 3 is 2.85 bits per heavy atom. The van der Waals surface area contributed by atoms with Crippen LogP contribution in [0.25, 0.3) is 0 Å². The minimum atomic E-state index is 0.210. The van der Waals surface area contributed by atoms with Crippen molar-refractivity contribution in [2.24, 2.45) is 5.84 Å². The van der Waals surface area contributed by atoms with Gasteiger partial charge in [-0.2, -0.15) is 0 Å². The van der Waals surface area contributed by atoms with Crippen LogP contribution in [0.15, 0.2) is 6.33 Å². The number of rotatable bonds is 4. The molecule has 0 aromatic carbocycles. The minimum Gasteiger partial charge on any atom is -0.375 e. The molecule has 2 atom stereocenters. The fourth-order valence-electron chi connectivity index (χ4n) is 2.70. The van der Waals surface area contributed by atoms with Crippen molar-refractivity contribution in [3.8, 4) is 0 Å². The highest BCUT2D eigenvalue weighted by Crippen LogP contribution is 2.33. The highest BCUT2D eigenvalue weighted by Gasteiger charge is 2.29. The van der Waals surface area contributed by atoms with Crippen LogP contribution >= 0.6 is 0 Å². The van der Waals surface area contributed by atoms with Crippen LogP contribution in [-0.2, 0) is 4.74 Å². The van der Waals surface area contributed by atoms with Crippen LogP contribution in [0.4, 0.5) is 11.6 Å². The normalized spacial score (nSPS) is 23.2. The van der Waals surface area contributed by atoms with E-state index in [0.29, 0.717) is 17.8 Å². The molecule has 0 amide bonds. The lowest BCUT2D eigenvalue weighted by molar-refractivity contribution is 0.0295. The van der Waals surface area contributed by atoms with E-state index in [-0.39, 0.29) is 6.10 Å². The maximum Gasteiger partial charge on any atom is 0.148 e. The first-order valence-corrected chi connectivity index (χ1v) is 7.28. The van der Waals surface area contributed by atoms with Gasteiger partial charge in [-0.1, -0.05) is 20.8 Å². The summed E-state index contributed by atoms with van der Waals surface area (Å²) in [6.07, 6.45) is 2.81. The van der Waals surface area contributed by atoms with E-state index >= 15 is 0 Å². The van der Waals surface area contributed by atoms with Gasteiger partial charge < -0.3 is 15.1 Å². The Morgan fingerprint density at radius 2 is 2.25 bits per heavy atom. The molecule has 1 aromatic rings. The highest BCUT2D eigenvalue weighted by atomic mass is 16.5. The third-order valence-electron chi connectivity index (χ3n) is 3.79. The quantitative estimate of drug-likeness (QED) is 0.647. The second-order valence-electron chi connectivity index (χ2n) is 5.62. The molecule has 0 spiro atoms. The summed E-state index contributed by atoms with van der Waals surface area (Å²) in [5.41, 5.74) is 3.76. The maximum atomic E-state index is 5.76. The van der Waals surface area contributed by atoms with E-state index in [9.17, 15) is 0 Å². The first-order chi connectivity index (χ1) is 9.58. The highest BCUT2D eigenvalue weighted by molar-refractivity contribution is 5.60. The molecule has 2 unspecified atom stereocenters. The number of ether oxygens (including phenoxy) is 1. The monoisotopic (exact) mass is 279 g/mol. The summed E-state index contributed by atoms with van der Waals surface area (Å²) >= 11 is 0. The van der Waals surface area contributed by atoms with Gasteiger partial charge in [-0.05, 0) is 19.3 Å². The number of nitrogens with two attached hydrogens (primary N) is 1. The van der Waals surface area contributed by atoms with Gasteiger partial charge in [0.15, 0.2) is 0 Å². The molecule has 6 nitrogen and oxygen atoms in total. The predicted molar refractivity (Wildman–Crippen MR) is 80.8 cm³/mol. The van der Waals surface area contributed by atoms with Gasteiger partial charge in [0.2, 0.25) is 0 Å². The fraction of sp³-hybridized carbons (Fsp3) is 0.714. The van der Waals surface area contributed by atoms with E-state index in [0.717, 1.165) is 31.0 Å². The summed E-state index contributed by atoms with van der Waals surface area (Å²) in [6.45, 7) is 10.1. The second kappa shape index (κ2) is 6.37. The van der Waals surface area contributed by atoms with E-state index in [4.69, 9.17) is 10.6 Å². The number of morpholine rings is 1. The lowest BCUT2D eigenvalue weighted by Gasteiger charge is -2.40. The average molecular weight is 279 g/mol. The molecule has 0 saturated carbocycles. The third kappa shape index (κ3) is 2.86. The summed E-state index contributed by atoms with van der Waals surface area (Å²) in [5, 5.41) is 0. The Labute approximate surface area is 120 Å². The zero-order valence-electron chi connectivity index (χ0n) is 12.8. The Morgan fingerprint density at radius 1 is 1.50 bits per heavy atom. The number of nitrogen functional groups attached to an aromatic ring is 1. The van der Waals surface area contributed by atoms with Gasteiger partial charge >= 0.3 is 0 Å². The van der Waals surface area contributed by atoms with Crippen LogP contribution in [0.2, 0.25) is 0 Å². The van der Waals surface area contributed by atoms with E-state index in [1.807, 2.05) is 0 Å². The van der Waals surface area contributed by atoms with E-state index in [2.05, 4.69) is 48.0 Å². The van der Waals surface area contributed by atoms with Gasteiger partial charge in [-0.3, -0.25) is 0 Å². The number of hydrazine groups is 1. The number of hydrogen-bond donors (Lipinski definition) is 2. The second-order valence-corrected chi connectivity index (χ2v) is 5.62. The molecule has 2 rings (SSSR count). The molecule has 1 aliphatic rings. The molecule has 2 heterocycles. The zero-order chi connectivity index (χ0) is 14.7. The number of aromatic nitrogens is 2. The van der Waals surface area contributed by atoms with Crippen LogP contribution < -0.4 is 16.2 Å². The van der Waals surface area contributed by atoms with E-state index in [1.54, 1.807) is 6.33 Å². The smallest absolute Gasteiger partial charge is 0.148 e. The van der Waals surface area contributed by atoms with Crippen LogP contribution in [0.5, 0.6) is 0 Å². The first kappa shape index (κ1) is 15.0. The summed E-state index contributed by atoms with van der Waals surface area (Å²) in [4.78, 5) is 11.1. The van der Waals surface area contributed by atoms with Crippen LogP contribution in [-0.4, -0.2) is 35.3 Å². The van der Waals surface area contributed by atoms with Gasteiger partial charge in [-0.15, -0.1) is 0 Å². The van der Waals surface area contributed by atoms with Gasteiger partial charge in [0, 0.05) is 12.1 Å². The maximum absolute atomic E-state index is 5.76. The molecule has 3 N–H and O–H groups in total. The van der Waals surface area contributed by atoms with Gasteiger partial charge in [0.1, 0.15) is 18.0 Å². The summed E-state index contributed by atoms with van der Waals surface area (Å²) in [5.74, 6) is 7.58. The van der Waals surface area contributed by atoms with Crippen molar-refractivity contribution in [2.45, 2.75) is 52.2 Å². The molecule has 1 saturated heterocycles. The Bertz CT molecular complexity index is 451. The lowest BCUT2D eigenvalue weighted by atomic mass is 10.0. The third-order valence-corrected chi connectivity index (χ3v) is 3.79. The largest absolute Gasteiger partial charge is 0.375 e. The summed E-state index contributed by atoms with van der Waals surface area (Å²) in [6, 6.07) is 0.351. The first-order valence-electron chi connectivity index (χ1n) is 7.28. The molecule has 1 aliphatic heterocycles. The molecule has 112 valence electrons. The van der Waals surface area contributed by atoms with Crippen LogP contribution in [0.3, 0.4) is 0 Å². The molecule has 1 fully saturated rings. The molecule has 0 radical (unpaired) electrons. The van der Waals surface area contributed by atoms with Crippen molar-refractivity contribution in [3.05, 3.63) is 11.9 Å². The number of anilines is 2. The van der Waals surface area contributed by atoms with Crippen molar-refractivity contribution < 1.29 is 4.74 Å². The van der Waals surface area contributed by atoms with Crippen molar-refractivity contribution >= 4 is 11.6 Å². The van der Waals surface area contributed by atoms with Crippen molar-refractivity contribution in [1.29, 1.82) is 0 Å². The standard InChI is InChI=1S/C14H25N5O/c1-5-11-7-20-10(4)6-19(11)14-12(9(2)3)13(18-15)16-8-17-14/h8-11H,5-7,15H2,1-4H3,(H,16,17,18). The van der Waals surface area contributed by atoms with Gasteiger partial charge in [-0.25, -0.2) is 15.8 Å². The van der Waals surface area contributed by atoms with Crippen LogP contribution in [0, 0.1) is 0 Å². The van der Waals surface area contributed by atoms with Crippen molar-refractivity contribution in [2.75, 3.05) is 23.5 Å². The Hall–Kier alpha value is -1.40. The minimum absolute atomic E-state index is 0.210. The number of hydrogen-bond acceptors (Lipinski definition) is 6. The van der Waals surface area contributed by atoms with Crippen molar-refractivity contribution in [1.82, 2.24) is 9.97 Å². The summed E-state index contributed by atoms with van der Waals surface area (Å²) < 4.78 is 5.76. The SMILES string of the molecule is CCC1COC(C)CN1c1ncnc(NN)c1C(C)C. The average Bonchev–Trinajstić information content (AvgIpc) is 2.46. The molecule has 20 heavy (non-hydrogen) atoms. The molecule has 1 aromatic heterocycles. The van der Waals surface area contributed by atoms with Gasteiger partial charge in [0.05, 0.1) is 18.8 Å². The van der Waals surface area contributed by atoms with E-state index < -0.39 is 0 Å². The molecular formula is C14H25N5O. The van der Waals surface area contributed by atoms with Gasteiger partial charge in [0.25, 0.3) is 0 Å². The molecule has 6 heteroatoms. The molecule has 0 aliphatic carbocycles. The molecule has 0 bridgehead atoms. The van der Waals surface area contributed by atoms with Crippen LogP contribution in [0.1, 0.15) is 45.6 Å². The Kier molecular flexibility index (Phi) is 4.77. The topological polar surface area (TPSA) is 76.3 Å². The molecular weight excluding hydrogens is 254 g/mol. The lowest BCUT2D eigenvalue weighted by Crippen LogP contribution is -2.49. The number of nitrogens with zero attached hydrogens (tertiary/aromatic N) is 3. The van der Waals surface area contributed by atoms with Crippen molar-refractivity contribution in [3.63, 3.8) is 0 Å². The summed E-state index contributed by atoms with van der Waals surface area (Å²) in [7, 11) is 0. The number of nitrogens with one attached hydrogen (secondary N) is 1. The predicted octanol–water partition coefficient (Wildman–Crippen LogP) is 1.89. The fourth-order valence-corrected chi connectivity index (χ4v) is 2.70. The van der Waals surface area contributed by atoms with E-state index in [1.165, 1.54) is 0 Å². The Balaban J connectivity index is 2.44. The zero-order valence-corrected chi connectivity index (χ0v) is 12.8.